The number of rotatable bonds is 2. The molecule has 0 atom stereocenters. The van der Waals surface area contributed by atoms with Crippen molar-refractivity contribution in [1.82, 2.24) is 25.2 Å². The molecule has 0 aliphatic heterocycles. The highest BCUT2D eigenvalue weighted by Crippen LogP contribution is 2.00. The number of amides is 1. The minimum atomic E-state index is -0.309. The second-order valence-corrected chi connectivity index (χ2v) is 2.80. The lowest BCUT2D eigenvalue weighted by molar-refractivity contribution is 0.102. The molecule has 0 radical (unpaired) electrons. The molecule has 0 aliphatic rings. The Bertz CT molecular complexity index is 465. The molecule has 0 bridgehead atoms. The molecule has 0 saturated carbocycles. The Morgan fingerprint density at radius 1 is 1.53 bits per heavy atom. The summed E-state index contributed by atoms with van der Waals surface area (Å²) in [7, 11) is 1.62. The highest BCUT2D eigenvalue weighted by Gasteiger charge is 2.08. The van der Waals surface area contributed by atoms with Crippen molar-refractivity contribution in [3.8, 4) is 0 Å². The summed E-state index contributed by atoms with van der Waals surface area (Å²) in [4.78, 5) is 16.6. The van der Waals surface area contributed by atoms with Gasteiger partial charge >= 0.3 is 0 Å². The van der Waals surface area contributed by atoms with E-state index in [1.165, 1.54) is 11.0 Å². The Balaban J connectivity index is 2.11. The van der Waals surface area contributed by atoms with Gasteiger partial charge in [0.05, 0.1) is 12.6 Å². The fourth-order valence-electron chi connectivity index (χ4n) is 1.00. The lowest BCUT2D eigenvalue weighted by Gasteiger charge is -1.98. The normalized spacial score (nSPS) is 9.93. The first kappa shape index (κ1) is 9.25. The molecule has 0 aromatic carbocycles. The summed E-state index contributed by atoms with van der Waals surface area (Å²) in [5, 5.41) is 13.5. The maximum atomic E-state index is 11.6. The Morgan fingerprint density at radius 3 is 3.00 bits per heavy atom. The van der Waals surface area contributed by atoms with Crippen LogP contribution in [0.1, 0.15) is 10.4 Å². The van der Waals surface area contributed by atoms with Crippen molar-refractivity contribution in [2.75, 3.05) is 5.32 Å². The van der Waals surface area contributed by atoms with E-state index in [4.69, 9.17) is 0 Å². The van der Waals surface area contributed by atoms with Gasteiger partial charge in [-0.25, -0.2) is 0 Å². The average molecular weight is 204 g/mol. The molecule has 1 N–H and O–H groups in total. The number of carbonyl (C=O) groups is 1. The van der Waals surface area contributed by atoms with E-state index in [1.54, 1.807) is 25.4 Å². The summed E-state index contributed by atoms with van der Waals surface area (Å²) in [5.41, 5.74) is 0.449. The molecule has 15 heavy (non-hydrogen) atoms. The van der Waals surface area contributed by atoms with Gasteiger partial charge in [0, 0.05) is 12.4 Å². The first-order valence-electron chi connectivity index (χ1n) is 4.21. The van der Waals surface area contributed by atoms with Gasteiger partial charge in [-0.05, 0) is 17.3 Å². The van der Waals surface area contributed by atoms with Crippen molar-refractivity contribution in [3.05, 3.63) is 30.1 Å². The van der Waals surface area contributed by atoms with E-state index in [-0.39, 0.29) is 11.9 Å². The third-order valence-corrected chi connectivity index (χ3v) is 1.66. The number of aromatic nitrogens is 5. The molecule has 7 heteroatoms. The molecule has 0 spiro atoms. The van der Waals surface area contributed by atoms with Crippen molar-refractivity contribution in [1.29, 1.82) is 0 Å². The van der Waals surface area contributed by atoms with Crippen LogP contribution in [-0.2, 0) is 7.05 Å². The van der Waals surface area contributed by atoms with Gasteiger partial charge in [-0.15, -0.1) is 5.10 Å². The zero-order chi connectivity index (χ0) is 10.7. The predicted octanol–water partition coefficient (Wildman–Crippen LogP) is -0.143. The van der Waals surface area contributed by atoms with Gasteiger partial charge in [0.2, 0.25) is 0 Å². The van der Waals surface area contributed by atoms with Crippen LogP contribution in [0.5, 0.6) is 0 Å². The van der Waals surface area contributed by atoms with E-state index in [9.17, 15) is 4.79 Å². The number of nitrogens with zero attached hydrogens (tertiary/aromatic N) is 5. The fraction of sp³-hybridized carbons (Fsp3) is 0.125. The number of anilines is 1. The van der Waals surface area contributed by atoms with Crippen LogP contribution >= 0.6 is 0 Å². The smallest absolute Gasteiger partial charge is 0.270 e. The number of hydrogen-bond acceptors (Lipinski definition) is 5. The number of tetrazole rings is 1. The van der Waals surface area contributed by atoms with Crippen LogP contribution in [0.3, 0.4) is 0 Å². The largest absolute Gasteiger partial charge is 0.288 e. The third kappa shape index (κ3) is 2.13. The molecule has 2 rings (SSSR count). The molecule has 2 aromatic rings. The summed E-state index contributed by atoms with van der Waals surface area (Å²) in [6.45, 7) is 0. The average Bonchev–Trinajstić information content (AvgIpc) is 2.65. The van der Waals surface area contributed by atoms with Gasteiger partial charge in [0.25, 0.3) is 11.9 Å². The van der Waals surface area contributed by atoms with Gasteiger partial charge in [-0.1, -0.05) is 5.10 Å². The summed E-state index contributed by atoms with van der Waals surface area (Å²) >= 11 is 0. The molecule has 0 unspecified atom stereocenters. The quantitative estimate of drug-likeness (QED) is 0.735. The van der Waals surface area contributed by atoms with Crippen molar-refractivity contribution in [2.45, 2.75) is 0 Å². The van der Waals surface area contributed by atoms with Crippen molar-refractivity contribution in [2.24, 2.45) is 7.05 Å². The monoisotopic (exact) mass is 204 g/mol. The highest BCUT2D eigenvalue weighted by atomic mass is 16.1. The minimum Gasteiger partial charge on any atom is -0.288 e. The Kier molecular flexibility index (Phi) is 2.36. The first-order chi connectivity index (χ1) is 7.25. The maximum Gasteiger partial charge on any atom is 0.270 e. The van der Waals surface area contributed by atoms with Crippen LogP contribution < -0.4 is 5.32 Å². The van der Waals surface area contributed by atoms with Crippen molar-refractivity contribution >= 4 is 11.9 Å². The number of pyridine rings is 1. The van der Waals surface area contributed by atoms with E-state index in [0.29, 0.717) is 5.56 Å². The molecule has 0 fully saturated rings. The molecule has 2 heterocycles. The van der Waals surface area contributed by atoms with Crippen LogP contribution in [0.4, 0.5) is 5.95 Å². The second-order valence-electron chi connectivity index (χ2n) is 2.80. The Hall–Kier alpha value is -2.31. The Morgan fingerprint density at radius 2 is 2.40 bits per heavy atom. The van der Waals surface area contributed by atoms with Gasteiger partial charge in [-0.3, -0.25) is 15.1 Å². The first-order valence-corrected chi connectivity index (χ1v) is 4.21. The van der Waals surface area contributed by atoms with Crippen LogP contribution in [-0.4, -0.2) is 31.1 Å². The van der Waals surface area contributed by atoms with Crippen LogP contribution in [0.2, 0.25) is 0 Å². The molecule has 7 nitrogen and oxygen atoms in total. The fourth-order valence-corrected chi connectivity index (χ4v) is 1.00. The topological polar surface area (TPSA) is 85.6 Å². The zero-order valence-corrected chi connectivity index (χ0v) is 7.95. The van der Waals surface area contributed by atoms with E-state index in [0.717, 1.165) is 0 Å². The van der Waals surface area contributed by atoms with Gasteiger partial charge in [0.1, 0.15) is 0 Å². The maximum absolute atomic E-state index is 11.6. The van der Waals surface area contributed by atoms with Gasteiger partial charge in [-0.2, -0.15) is 4.80 Å². The summed E-state index contributed by atoms with van der Waals surface area (Å²) < 4.78 is 0. The van der Waals surface area contributed by atoms with Crippen LogP contribution in [0, 0.1) is 0 Å². The predicted molar refractivity (Wildman–Crippen MR) is 51.0 cm³/mol. The molecule has 76 valence electrons. The third-order valence-electron chi connectivity index (χ3n) is 1.66. The molecule has 1 amide bonds. The summed E-state index contributed by atoms with van der Waals surface area (Å²) in [5.74, 6) is -0.137. The molecular weight excluding hydrogens is 196 g/mol. The molecular formula is C8H8N6O. The van der Waals surface area contributed by atoms with Crippen molar-refractivity contribution < 1.29 is 4.79 Å². The highest BCUT2D eigenvalue weighted by molar-refractivity contribution is 6.02. The van der Waals surface area contributed by atoms with Gasteiger partial charge in [0.15, 0.2) is 0 Å². The van der Waals surface area contributed by atoms with Crippen LogP contribution in [0.25, 0.3) is 0 Å². The number of aryl methyl sites for hydroxylation is 1. The van der Waals surface area contributed by atoms with E-state index in [1.807, 2.05) is 0 Å². The zero-order valence-electron chi connectivity index (χ0n) is 7.95. The lowest BCUT2D eigenvalue weighted by Crippen LogP contribution is -2.13. The summed E-state index contributed by atoms with van der Waals surface area (Å²) in [6.07, 6.45) is 3.06. The standard InChI is InChI=1S/C8H8N6O/c1-14-12-8(11-13-14)10-7(15)6-3-2-4-9-5-6/h2-5H,1H3,(H,10,12,15). The van der Waals surface area contributed by atoms with Crippen LogP contribution in [0.15, 0.2) is 24.5 Å². The van der Waals surface area contributed by atoms with Gasteiger partial charge < -0.3 is 0 Å². The molecule has 0 aliphatic carbocycles. The van der Waals surface area contributed by atoms with E-state index < -0.39 is 0 Å². The number of hydrogen-bond donors (Lipinski definition) is 1. The SMILES string of the molecule is Cn1nnc(NC(=O)c2cccnc2)n1. The molecule has 0 saturated heterocycles. The van der Waals surface area contributed by atoms with Crippen molar-refractivity contribution in [3.63, 3.8) is 0 Å². The van der Waals surface area contributed by atoms with E-state index >= 15 is 0 Å². The lowest BCUT2D eigenvalue weighted by atomic mass is 10.3. The second kappa shape index (κ2) is 3.82. The number of carbonyl (C=O) groups excluding carboxylic acids is 1. The summed E-state index contributed by atoms with van der Waals surface area (Å²) in [6, 6.07) is 3.33. The number of nitrogens with one attached hydrogen (secondary N) is 1. The van der Waals surface area contributed by atoms with E-state index in [2.05, 4.69) is 25.7 Å². The molecule has 2 aromatic heterocycles. The Labute approximate surface area is 85.1 Å². The minimum absolute atomic E-state index is 0.173.